The lowest BCUT2D eigenvalue weighted by Crippen LogP contribution is -2.35. The number of carbonyl (C=O) groups excluding carboxylic acids is 1. The third-order valence-corrected chi connectivity index (χ3v) is 2.63. The van der Waals surface area contributed by atoms with E-state index in [9.17, 15) is 9.59 Å². The van der Waals surface area contributed by atoms with Gasteiger partial charge in [-0.05, 0) is 6.92 Å². The number of carbonyl (C=O) groups is 2. The second kappa shape index (κ2) is 5.28. The number of thiazole rings is 1. The first-order valence-corrected chi connectivity index (χ1v) is 5.23. The first kappa shape index (κ1) is 12.2. The molecule has 0 aromatic carbocycles. The molecule has 1 rings (SSSR count). The van der Waals surface area contributed by atoms with Crippen molar-refractivity contribution in [3.05, 3.63) is 16.1 Å². The summed E-state index contributed by atoms with van der Waals surface area (Å²) in [6.07, 6.45) is 6.50. The van der Waals surface area contributed by atoms with Gasteiger partial charge in [0.05, 0.1) is 17.7 Å². The summed E-state index contributed by atoms with van der Waals surface area (Å²) in [6.45, 7) is 1.34. The molecule has 1 amide bonds. The second-order valence-corrected chi connectivity index (χ2v) is 4.24. The van der Waals surface area contributed by atoms with E-state index >= 15 is 0 Å². The number of hydrogen-bond acceptors (Lipinski definition) is 4. The fraction of sp³-hybridized carbons (Fsp3) is 0.300. The molecule has 0 spiro atoms. The van der Waals surface area contributed by atoms with Crippen molar-refractivity contribution >= 4 is 23.2 Å². The Bertz CT molecular complexity index is 447. The first-order valence-electron chi connectivity index (χ1n) is 4.41. The Kier molecular flexibility index (Phi) is 4.03. The number of aromatic nitrogens is 1. The van der Waals surface area contributed by atoms with Gasteiger partial charge in [0.2, 0.25) is 0 Å². The van der Waals surface area contributed by atoms with E-state index in [1.54, 1.807) is 6.92 Å². The third-order valence-electron chi connectivity index (χ3n) is 1.73. The summed E-state index contributed by atoms with van der Waals surface area (Å²) in [5, 5.41) is 9.39. The molecule has 0 atom stereocenters. The molecule has 1 aromatic rings. The molecule has 0 saturated heterocycles. The van der Waals surface area contributed by atoms with E-state index in [2.05, 4.69) is 10.9 Å². The number of carboxylic acids is 1. The van der Waals surface area contributed by atoms with Crippen LogP contribution in [0.3, 0.4) is 0 Å². The van der Waals surface area contributed by atoms with Crippen molar-refractivity contribution in [1.82, 2.24) is 9.88 Å². The topological polar surface area (TPSA) is 70.5 Å². The summed E-state index contributed by atoms with van der Waals surface area (Å²) >= 11 is 1.21. The number of aliphatic carboxylic acids is 1. The van der Waals surface area contributed by atoms with Gasteiger partial charge in [-0.1, -0.05) is 5.92 Å². The van der Waals surface area contributed by atoms with Crippen molar-refractivity contribution in [2.45, 2.75) is 6.92 Å². The lowest BCUT2D eigenvalue weighted by atomic mass is 10.4. The third kappa shape index (κ3) is 3.07. The number of nitrogens with zero attached hydrogens (tertiary/aromatic N) is 2. The van der Waals surface area contributed by atoms with E-state index in [0.29, 0.717) is 4.88 Å². The predicted molar refractivity (Wildman–Crippen MR) is 59.2 cm³/mol. The van der Waals surface area contributed by atoms with E-state index in [1.807, 2.05) is 0 Å². The van der Waals surface area contributed by atoms with Gasteiger partial charge < -0.3 is 10.0 Å². The van der Waals surface area contributed by atoms with Crippen LogP contribution in [0.4, 0.5) is 0 Å². The van der Waals surface area contributed by atoms with E-state index in [-0.39, 0.29) is 6.54 Å². The molecule has 1 heterocycles. The minimum Gasteiger partial charge on any atom is -0.480 e. The number of hydrogen-bond donors (Lipinski definition) is 1. The van der Waals surface area contributed by atoms with Gasteiger partial charge in [-0.15, -0.1) is 17.8 Å². The maximum Gasteiger partial charge on any atom is 0.323 e. The molecule has 16 heavy (non-hydrogen) atoms. The van der Waals surface area contributed by atoms with Crippen LogP contribution in [0.5, 0.6) is 0 Å². The van der Waals surface area contributed by atoms with Crippen LogP contribution in [0.15, 0.2) is 6.20 Å². The van der Waals surface area contributed by atoms with Gasteiger partial charge in [0.15, 0.2) is 0 Å². The van der Waals surface area contributed by atoms with E-state index < -0.39 is 18.4 Å². The normalized spacial score (nSPS) is 9.50. The largest absolute Gasteiger partial charge is 0.480 e. The van der Waals surface area contributed by atoms with Crippen molar-refractivity contribution < 1.29 is 14.7 Å². The van der Waals surface area contributed by atoms with E-state index in [4.69, 9.17) is 11.5 Å². The molecule has 6 heteroatoms. The first-order chi connectivity index (χ1) is 7.54. The van der Waals surface area contributed by atoms with Crippen molar-refractivity contribution in [3.63, 3.8) is 0 Å². The Labute approximate surface area is 96.7 Å². The number of rotatable bonds is 4. The lowest BCUT2D eigenvalue weighted by Gasteiger charge is -2.16. The molecule has 84 valence electrons. The molecular formula is C10H10N2O3S. The molecule has 0 bridgehead atoms. The average molecular weight is 238 g/mol. The van der Waals surface area contributed by atoms with Crippen molar-refractivity contribution in [2.24, 2.45) is 0 Å². The monoisotopic (exact) mass is 238 g/mol. The Morgan fingerprint density at radius 3 is 2.81 bits per heavy atom. The fourth-order valence-corrected chi connectivity index (χ4v) is 1.83. The number of carboxylic acid groups (broad SMARTS) is 1. The maximum atomic E-state index is 11.8. The standard InChI is InChI=1S/C10H10N2O3S/c1-3-4-12(6-9(13)14)10(15)8-5-11-7(2)16-8/h1,5H,4,6H2,2H3,(H,13,14). The molecule has 0 unspecified atom stereocenters. The zero-order valence-electron chi connectivity index (χ0n) is 8.64. The molecule has 1 N–H and O–H groups in total. The number of amides is 1. The molecule has 0 aliphatic carbocycles. The van der Waals surface area contributed by atoms with Crippen LogP contribution in [0.25, 0.3) is 0 Å². The van der Waals surface area contributed by atoms with Crippen LogP contribution >= 0.6 is 11.3 Å². The molecule has 0 aliphatic heterocycles. The molecule has 0 saturated carbocycles. The summed E-state index contributed by atoms with van der Waals surface area (Å²) in [4.78, 5) is 27.8. The minimum absolute atomic E-state index is 0.0257. The molecule has 0 radical (unpaired) electrons. The van der Waals surface area contributed by atoms with Gasteiger partial charge in [-0.3, -0.25) is 9.59 Å². The van der Waals surface area contributed by atoms with Gasteiger partial charge >= 0.3 is 5.97 Å². The Balaban J connectivity index is 2.83. The zero-order valence-corrected chi connectivity index (χ0v) is 9.45. The summed E-state index contributed by atoms with van der Waals surface area (Å²) < 4.78 is 0. The lowest BCUT2D eigenvalue weighted by molar-refractivity contribution is -0.137. The summed E-state index contributed by atoms with van der Waals surface area (Å²) in [5.41, 5.74) is 0. The summed E-state index contributed by atoms with van der Waals surface area (Å²) in [6, 6.07) is 0. The Morgan fingerprint density at radius 2 is 2.38 bits per heavy atom. The minimum atomic E-state index is -1.09. The highest BCUT2D eigenvalue weighted by Crippen LogP contribution is 2.13. The predicted octanol–water partition coefficient (Wildman–Crippen LogP) is 0.612. The fourth-order valence-electron chi connectivity index (χ4n) is 1.09. The van der Waals surface area contributed by atoms with Gasteiger partial charge in [0.1, 0.15) is 11.4 Å². The van der Waals surface area contributed by atoms with Crippen LogP contribution in [0.1, 0.15) is 14.7 Å². The Morgan fingerprint density at radius 1 is 1.69 bits per heavy atom. The highest BCUT2D eigenvalue weighted by molar-refractivity contribution is 7.13. The zero-order chi connectivity index (χ0) is 12.1. The summed E-state index contributed by atoms with van der Waals surface area (Å²) in [7, 11) is 0. The average Bonchev–Trinajstić information content (AvgIpc) is 2.62. The van der Waals surface area contributed by atoms with Crippen LogP contribution in [-0.4, -0.2) is 40.0 Å². The van der Waals surface area contributed by atoms with Crippen LogP contribution in [0.2, 0.25) is 0 Å². The van der Waals surface area contributed by atoms with Crippen molar-refractivity contribution in [1.29, 1.82) is 0 Å². The van der Waals surface area contributed by atoms with Crippen LogP contribution < -0.4 is 0 Å². The van der Waals surface area contributed by atoms with Gasteiger partial charge in [0, 0.05) is 0 Å². The number of aryl methyl sites for hydroxylation is 1. The second-order valence-electron chi connectivity index (χ2n) is 3.00. The van der Waals surface area contributed by atoms with Crippen molar-refractivity contribution in [2.75, 3.05) is 13.1 Å². The highest BCUT2D eigenvalue weighted by Gasteiger charge is 2.19. The SMILES string of the molecule is C#CCN(CC(=O)O)C(=O)c1cnc(C)s1. The maximum absolute atomic E-state index is 11.8. The highest BCUT2D eigenvalue weighted by atomic mass is 32.1. The van der Waals surface area contributed by atoms with Crippen molar-refractivity contribution in [3.8, 4) is 12.3 Å². The van der Waals surface area contributed by atoms with E-state index in [1.165, 1.54) is 17.5 Å². The summed E-state index contributed by atoms with van der Waals surface area (Å²) in [5.74, 6) is 0.767. The van der Waals surface area contributed by atoms with Gasteiger partial charge in [0.25, 0.3) is 5.91 Å². The molecule has 0 fully saturated rings. The molecule has 5 nitrogen and oxygen atoms in total. The van der Waals surface area contributed by atoms with Crippen LogP contribution in [-0.2, 0) is 4.79 Å². The Hall–Kier alpha value is -1.87. The quantitative estimate of drug-likeness (QED) is 0.780. The van der Waals surface area contributed by atoms with Gasteiger partial charge in [-0.25, -0.2) is 4.98 Å². The van der Waals surface area contributed by atoms with Gasteiger partial charge in [-0.2, -0.15) is 0 Å². The molecular weight excluding hydrogens is 228 g/mol. The smallest absolute Gasteiger partial charge is 0.323 e. The van der Waals surface area contributed by atoms with Crippen LogP contribution in [0, 0.1) is 19.3 Å². The van der Waals surface area contributed by atoms with E-state index in [0.717, 1.165) is 9.91 Å². The molecule has 0 aliphatic rings. The molecule has 1 aromatic heterocycles. The number of terminal acetylenes is 1.